The van der Waals surface area contributed by atoms with Gasteiger partial charge in [0.1, 0.15) is 17.9 Å². The highest BCUT2D eigenvalue weighted by molar-refractivity contribution is 9.10. The number of carbonyl (C=O) groups excluding carboxylic acids is 1. The fourth-order valence-corrected chi connectivity index (χ4v) is 7.58. The summed E-state index contributed by atoms with van der Waals surface area (Å²) in [6, 6.07) is 17.6. The van der Waals surface area contributed by atoms with Crippen LogP contribution in [0.2, 0.25) is 5.02 Å². The zero-order valence-electron chi connectivity index (χ0n) is 19.7. The average molecular weight is 587 g/mol. The molecule has 1 aliphatic rings. The zero-order chi connectivity index (χ0) is 25.3. The minimum absolute atomic E-state index is 0.173. The molecular formula is C27H25BrClN3O3S. The standard InChI is InChI=1S/C27H25BrClN3O3S/c1-32-27(35-17-18-9-10-19-7-3-4-8-20(19)15-18)22(16-30-32)26(33)21-11-12-23(28)25(24(21)29)31-36(34)13-5-2-6-14-36/h3-4,7-12,15-16H,2,5-6,13-14,17H2,1H3. The number of rotatable bonds is 6. The minimum Gasteiger partial charge on any atom is -0.472 e. The second-order valence-corrected chi connectivity index (χ2v) is 12.7. The topological polar surface area (TPSA) is 73.5 Å². The van der Waals surface area contributed by atoms with Crippen LogP contribution in [0.15, 0.2) is 69.6 Å². The quantitative estimate of drug-likeness (QED) is 0.226. The van der Waals surface area contributed by atoms with Crippen LogP contribution in [-0.4, -0.2) is 31.3 Å². The number of halogens is 2. The predicted octanol–water partition coefficient (Wildman–Crippen LogP) is 7.08. The Morgan fingerprint density at radius 2 is 1.83 bits per heavy atom. The van der Waals surface area contributed by atoms with Gasteiger partial charge in [-0.25, -0.2) is 8.89 Å². The molecule has 1 saturated heterocycles. The lowest BCUT2D eigenvalue weighted by Gasteiger charge is -2.16. The molecule has 0 atom stereocenters. The first kappa shape index (κ1) is 25.0. The summed E-state index contributed by atoms with van der Waals surface area (Å²) in [5.41, 5.74) is 1.90. The van der Waals surface area contributed by atoms with Crippen molar-refractivity contribution in [1.82, 2.24) is 9.78 Å². The van der Waals surface area contributed by atoms with Crippen molar-refractivity contribution in [2.45, 2.75) is 25.9 Å². The summed E-state index contributed by atoms with van der Waals surface area (Å²) in [5, 5.41) is 6.69. The van der Waals surface area contributed by atoms with Gasteiger partial charge in [-0.15, -0.1) is 0 Å². The summed E-state index contributed by atoms with van der Waals surface area (Å²) in [6.45, 7) is 0.279. The molecule has 0 spiro atoms. The van der Waals surface area contributed by atoms with Gasteiger partial charge in [0.25, 0.3) is 0 Å². The summed E-state index contributed by atoms with van der Waals surface area (Å²) in [6.07, 6.45) is 4.30. The monoisotopic (exact) mass is 585 g/mol. The summed E-state index contributed by atoms with van der Waals surface area (Å²) < 4.78 is 26.0. The van der Waals surface area contributed by atoms with Crippen LogP contribution in [0.5, 0.6) is 5.88 Å². The Balaban J connectivity index is 1.44. The number of benzene rings is 3. The maximum atomic E-state index is 13.6. The van der Waals surface area contributed by atoms with Gasteiger partial charge in [0.2, 0.25) is 11.7 Å². The number of ketones is 1. The number of nitrogens with zero attached hydrogens (tertiary/aromatic N) is 3. The van der Waals surface area contributed by atoms with Gasteiger partial charge < -0.3 is 4.74 Å². The lowest BCUT2D eigenvalue weighted by atomic mass is 10.1. The Hall–Kier alpha value is -2.68. The fraction of sp³-hybridized carbons (Fsp3) is 0.259. The van der Waals surface area contributed by atoms with Crippen molar-refractivity contribution in [1.29, 1.82) is 0 Å². The number of hydrogen-bond donors (Lipinski definition) is 0. The van der Waals surface area contributed by atoms with E-state index in [2.05, 4.69) is 43.6 Å². The summed E-state index contributed by atoms with van der Waals surface area (Å²) in [5.74, 6) is 1.11. The van der Waals surface area contributed by atoms with Crippen molar-refractivity contribution >= 4 is 59.5 Å². The SMILES string of the molecule is Cn1ncc(C(=O)c2ccc(Br)c(N=S3(=O)CCCCC3)c2Cl)c1OCc1ccc2ccccc2c1. The van der Waals surface area contributed by atoms with Gasteiger partial charge in [-0.3, -0.25) is 4.79 Å². The van der Waals surface area contributed by atoms with Gasteiger partial charge in [0.05, 0.1) is 20.9 Å². The molecule has 5 rings (SSSR count). The highest BCUT2D eigenvalue weighted by atomic mass is 79.9. The lowest BCUT2D eigenvalue weighted by molar-refractivity contribution is 0.103. The summed E-state index contributed by atoms with van der Waals surface area (Å²) in [4.78, 5) is 13.6. The molecule has 9 heteroatoms. The molecule has 1 fully saturated rings. The molecular weight excluding hydrogens is 562 g/mol. The van der Waals surface area contributed by atoms with E-state index in [0.29, 0.717) is 33.1 Å². The van der Waals surface area contributed by atoms with E-state index in [4.69, 9.17) is 16.3 Å². The predicted molar refractivity (Wildman–Crippen MR) is 148 cm³/mol. The molecule has 3 aromatic carbocycles. The van der Waals surface area contributed by atoms with Gasteiger partial charge in [-0.05, 0) is 63.3 Å². The van der Waals surface area contributed by atoms with Crippen molar-refractivity contribution < 1.29 is 13.7 Å². The Kier molecular flexibility index (Phi) is 7.19. The second-order valence-electron chi connectivity index (χ2n) is 8.88. The van der Waals surface area contributed by atoms with E-state index in [-0.39, 0.29) is 23.0 Å². The molecule has 1 aliphatic heterocycles. The Morgan fingerprint density at radius 1 is 1.08 bits per heavy atom. The molecule has 0 radical (unpaired) electrons. The summed E-state index contributed by atoms with van der Waals surface area (Å²) >= 11 is 10.2. The van der Waals surface area contributed by atoms with Crippen molar-refractivity contribution in [3.63, 3.8) is 0 Å². The van der Waals surface area contributed by atoms with Crippen molar-refractivity contribution in [3.05, 3.63) is 87.0 Å². The van der Waals surface area contributed by atoms with E-state index in [1.165, 1.54) is 10.9 Å². The molecule has 186 valence electrons. The van der Waals surface area contributed by atoms with E-state index in [1.807, 2.05) is 24.3 Å². The number of hydrogen-bond acceptors (Lipinski definition) is 5. The number of aryl methyl sites for hydroxylation is 1. The first-order valence-corrected chi connectivity index (χ1v) is 14.7. The second kappa shape index (κ2) is 10.4. The number of aromatic nitrogens is 2. The number of carbonyl (C=O) groups is 1. The van der Waals surface area contributed by atoms with E-state index >= 15 is 0 Å². The third-order valence-corrected chi connectivity index (χ3v) is 9.71. The maximum absolute atomic E-state index is 13.6. The highest BCUT2D eigenvalue weighted by Gasteiger charge is 2.25. The van der Waals surface area contributed by atoms with Crippen molar-refractivity contribution in [2.24, 2.45) is 11.4 Å². The Morgan fingerprint density at radius 3 is 2.61 bits per heavy atom. The smallest absolute Gasteiger partial charge is 0.223 e. The molecule has 0 aliphatic carbocycles. The molecule has 1 aromatic heterocycles. The molecule has 0 bridgehead atoms. The molecule has 0 saturated carbocycles. The number of ether oxygens (including phenoxy) is 1. The lowest BCUT2D eigenvalue weighted by Crippen LogP contribution is -2.16. The van der Waals surface area contributed by atoms with Crippen LogP contribution >= 0.6 is 27.5 Å². The van der Waals surface area contributed by atoms with Gasteiger partial charge in [0.15, 0.2) is 0 Å². The van der Waals surface area contributed by atoms with Crippen LogP contribution < -0.4 is 4.74 Å². The fourth-order valence-electron chi connectivity index (χ4n) is 4.37. The maximum Gasteiger partial charge on any atom is 0.223 e. The van der Waals surface area contributed by atoms with Gasteiger partial charge in [-0.1, -0.05) is 54.4 Å². The molecule has 0 unspecified atom stereocenters. The van der Waals surface area contributed by atoms with Crippen LogP contribution in [0.1, 0.15) is 40.7 Å². The first-order valence-electron chi connectivity index (χ1n) is 11.7. The van der Waals surface area contributed by atoms with Gasteiger partial charge >= 0.3 is 0 Å². The van der Waals surface area contributed by atoms with E-state index in [0.717, 1.165) is 35.6 Å². The summed E-state index contributed by atoms with van der Waals surface area (Å²) in [7, 11) is -0.670. The third-order valence-electron chi connectivity index (χ3n) is 6.31. The van der Waals surface area contributed by atoms with E-state index in [1.54, 1.807) is 19.2 Å². The van der Waals surface area contributed by atoms with E-state index < -0.39 is 9.73 Å². The minimum atomic E-state index is -2.40. The zero-order valence-corrected chi connectivity index (χ0v) is 22.9. The third kappa shape index (κ3) is 5.08. The van der Waals surface area contributed by atoms with Crippen LogP contribution in [0.25, 0.3) is 10.8 Å². The highest BCUT2D eigenvalue weighted by Crippen LogP contribution is 2.39. The van der Waals surface area contributed by atoms with Gasteiger partial charge in [0, 0.05) is 28.6 Å². The van der Waals surface area contributed by atoms with Crippen molar-refractivity contribution in [3.8, 4) is 5.88 Å². The van der Waals surface area contributed by atoms with Crippen molar-refractivity contribution in [2.75, 3.05) is 11.5 Å². The number of fused-ring (bicyclic) bond motifs is 1. The Bertz CT molecular complexity index is 1580. The van der Waals surface area contributed by atoms with Gasteiger partial charge in [-0.2, -0.15) is 9.46 Å². The molecule has 2 heterocycles. The van der Waals surface area contributed by atoms with Crippen LogP contribution in [-0.2, 0) is 23.4 Å². The molecule has 0 N–H and O–H groups in total. The molecule has 36 heavy (non-hydrogen) atoms. The van der Waals surface area contributed by atoms with E-state index in [9.17, 15) is 9.00 Å². The van der Waals surface area contributed by atoms with Crippen LogP contribution in [0, 0.1) is 0 Å². The molecule has 0 amide bonds. The van der Waals surface area contributed by atoms with Crippen LogP contribution in [0.3, 0.4) is 0 Å². The largest absolute Gasteiger partial charge is 0.472 e. The Labute approximate surface area is 223 Å². The average Bonchev–Trinajstić information content (AvgIpc) is 3.25. The molecule has 4 aromatic rings. The molecule has 6 nitrogen and oxygen atoms in total. The first-order chi connectivity index (χ1) is 17.3. The van der Waals surface area contributed by atoms with Crippen LogP contribution in [0.4, 0.5) is 5.69 Å². The normalized spacial score (nSPS) is 15.1.